The SMILES string of the molecule is CSc1ccc(Cl)c(CC(NC(=O)OCC2c3ccccc3-c3ccccc32)C(=O)O)c1. The molecule has 7 heteroatoms. The minimum absolute atomic E-state index is 0.0623. The van der Waals surface area contributed by atoms with Crippen LogP contribution in [0.1, 0.15) is 22.6 Å². The number of alkyl carbamates (subject to hydrolysis) is 1. The Hall–Kier alpha value is -2.96. The summed E-state index contributed by atoms with van der Waals surface area (Å²) in [6, 6.07) is 20.4. The third-order valence-corrected chi connectivity index (χ3v) is 6.70. The lowest BCUT2D eigenvalue weighted by atomic mass is 9.98. The number of hydrogen-bond acceptors (Lipinski definition) is 4. The summed E-state index contributed by atoms with van der Waals surface area (Å²) in [7, 11) is 0. The van der Waals surface area contributed by atoms with Gasteiger partial charge in [-0.3, -0.25) is 0 Å². The second kappa shape index (κ2) is 9.67. The second-order valence-corrected chi connectivity index (χ2v) is 8.81. The highest BCUT2D eigenvalue weighted by atomic mass is 35.5. The van der Waals surface area contributed by atoms with E-state index in [9.17, 15) is 14.7 Å². The highest BCUT2D eigenvalue weighted by Gasteiger charge is 2.30. The molecule has 0 heterocycles. The van der Waals surface area contributed by atoms with Gasteiger partial charge >= 0.3 is 12.1 Å². The molecule has 0 saturated carbocycles. The number of carboxylic acid groups (broad SMARTS) is 1. The van der Waals surface area contributed by atoms with Crippen LogP contribution in [0.4, 0.5) is 4.79 Å². The molecule has 0 bridgehead atoms. The number of nitrogens with one attached hydrogen (secondary N) is 1. The van der Waals surface area contributed by atoms with Crippen molar-refractivity contribution >= 4 is 35.4 Å². The first-order valence-electron chi connectivity index (χ1n) is 10.1. The van der Waals surface area contributed by atoms with Crippen molar-refractivity contribution in [3.63, 3.8) is 0 Å². The number of carbonyl (C=O) groups excluding carboxylic acids is 1. The summed E-state index contributed by atoms with van der Waals surface area (Å²) in [5.74, 6) is -1.24. The molecule has 3 aromatic rings. The van der Waals surface area contributed by atoms with E-state index < -0.39 is 18.1 Å². The van der Waals surface area contributed by atoms with Gasteiger partial charge in [-0.2, -0.15) is 0 Å². The highest BCUT2D eigenvalue weighted by Crippen LogP contribution is 2.44. The first kappa shape index (κ1) is 22.2. The molecule has 0 aromatic heterocycles. The van der Waals surface area contributed by atoms with Crippen molar-refractivity contribution in [2.24, 2.45) is 0 Å². The molecule has 0 saturated heterocycles. The summed E-state index contributed by atoms with van der Waals surface area (Å²) < 4.78 is 5.48. The van der Waals surface area contributed by atoms with Gasteiger partial charge in [-0.1, -0.05) is 60.1 Å². The molecular weight excluding hydrogens is 446 g/mol. The molecular formula is C25H22ClNO4S. The topological polar surface area (TPSA) is 75.6 Å². The number of carbonyl (C=O) groups is 2. The van der Waals surface area contributed by atoms with E-state index in [2.05, 4.69) is 17.4 Å². The maximum atomic E-state index is 12.5. The van der Waals surface area contributed by atoms with Gasteiger partial charge in [0.05, 0.1) is 0 Å². The molecule has 0 aliphatic heterocycles. The number of halogens is 1. The summed E-state index contributed by atoms with van der Waals surface area (Å²) in [4.78, 5) is 25.2. The number of rotatable bonds is 7. The van der Waals surface area contributed by atoms with E-state index in [1.54, 1.807) is 6.07 Å². The number of thioether (sulfide) groups is 1. The molecule has 0 fully saturated rings. The minimum atomic E-state index is -1.15. The van der Waals surface area contributed by atoms with E-state index in [0.717, 1.165) is 27.1 Å². The van der Waals surface area contributed by atoms with Gasteiger partial charge in [0.2, 0.25) is 0 Å². The van der Waals surface area contributed by atoms with Crippen LogP contribution in [0.3, 0.4) is 0 Å². The molecule has 3 aromatic carbocycles. The molecule has 1 amide bonds. The van der Waals surface area contributed by atoms with Crippen LogP contribution >= 0.6 is 23.4 Å². The third kappa shape index (κ3) is 4.61. The van der Waals surface area contributed by atoms with Gasteiger partial charge in [0.15, 0.2) is 0 Å². The van der Waals surface area contributed by atoms with Gasteiger partial charge < -0.3 is 15.2 Å². The number of ether oxygens (including phenoxy) is 1. The second-order valence-electron chi connectivity index (χ2n) is 7.52. The lowest BCUT2D eigenvalue weighted by Gasteiger charge is -2.18. The molecule has 4 rings (SSSR count). The number of carboxylic acids is 1. The summed E-state index contributed by atoms with van der Waals surface area (Å²) in [6.07, 6.45) is 1.22. The van der Waals surface area contributed by atoms with Gasteiger partial charge in [0.25, 0.3) is 0 Å². The molecule has 1 aliphatic carbocycles. The van der Waals surface area contributed by atoms with Gasteiger partial charge in [-0.15, -0.1) is 11.8 Å². The van der Waals surface area contributed by atoms with Crippen LogP contribution in [0, 0.1) is 0 Å². The molecule has 32 heavy (non-hydrogen) atoms. The maximum Gasteiger partial charge on any atom is 0.407 e. The summed E-state index contributed by atoms with van der Waals surface area (Å²) in [6.45, 7) is 0.120. The lowest BCUT2D eigenvalue weighted by Crippen LogP contribution is -2.43. The van der Waals surface area contributed by atoms with Crippen LogP contribution in [-0.4, -0.2) is 36.1 Å². The molecule has 0 radical (unpaired) electrons. The molecule has 1 aliphatic rings. The minimum Gasteiger partial charge on any atom is -0.480 e. The number of aliphatic carboxylic acids is 1. The summed E-state index contributed by atoms with van der Waals surface area (Å²) in [5, 5.41) is 12.6. The largest absolute Gasteiger partial charge is 0.480 e. The Bertz CT molecular complexity index is 1120. The van der Waals surface area contributed by atoms with Crippen molar-refractivity contribution in [2.45, 2.75) is 23.3 Å². The average Bonchev–Trinajstić information content (AvgIpc) is 3.12. The Morgan fingerprint density at radius 2 is 1.69 bits per heavy atom. The lowest BCUT2D eigenvalue weighted by molar-refractivity contribution is -0.139. The summed E-state index contributed by atoms with van der Waals surface area (Å²) >= 11 is 7.77. The molecule has 2 N–H and O–H groups in total. The van der Waals surface area contributed by atoms with Crippen molar-refractivity contribution < 1.29 is 19.4 Å². The van der Waals surface area contributed by atoms with Crippen molar-refractivity contribution in [1.29, 1.82) is 0 Å². The highest BCUT2D eigenvalue weighted by molar-refractivity contribution is 7.98. The van der Waals surface area contributed by atoms with Gasteiger partial charge in [0, 0.05) is 22.3 Å². The Labute approximate surface area is 195 Å². The van der Waals surface area contributed by atoms with Crippen LogP contribution in [0.5, 0.6) is 0 Å². The standard InChI is InChI=1S/C25H22ClNO4S/c1-32-16-10-11-22(26)15(12-16)13-23(24(28)29)27-25(30)31-14-21-19-8-4-2-6-17(19)18-7-3-5-9-20(18)21/h2-12,21,23H,13-14H2,1H3,(H,27,30)(H,28,29). The number of fused-ring (bicyclic) bond motifs is 3. The monoisotopic (exact) mass is 467 g/mol. The zero-order valence-corrected chi connectivity index (χ0v) is 19.0. The van der Waals surface area contributed by atoms with Crippen LogP contribution in [0.15, 0.2) is 71.6 Å². The predicted molar refractivity (Wildman–Crippen MR) is 127 cm³/mol. The Kier molecular flexibility index (Phi) is 6.72. The number of amides is 1. The van der Waals surface area contributed by atoms with Crippen LogP contribution in [-0.2, 0) is 16.0 Å². The fraction of sp³-hybridized carbons (Fsp3) is 0.200. The Morgan fingerprint density at radius 3 is 2.28 bits per heavy atom. The fourth-order valence-electron chi connectivity index (χ4n) is 4.04. The predicted octanol–water partition coefficient (Wildman–Crippen LogP) is 5.60. The van der Waals surface area contributed by atoms with Gasteiger partial charge in [-0.25, -0.2) is 9.59 Å². The normalized spacial score (nSPS) is 13.2. The van der Waals surface area contributed by atoms with E-state index in [4.69, 9.17) is 16.3 Å². The molecule has 1 atom stereocenters. The van der Waals surface area contributed by atoms with Crippen molar-refractivity contribution in [1.82, 2.24) is 5.32 Å². The van der Waals surface area contributed by atoms with Crippen molar-refractivity contribution in [2.75, 3.05) is 12.9 Å². The Morgan fingerprint density at radius 1 is 1.06 bits per heavy atom. The summed E-state index contributed by atoms with van der Waals surface area (Å²) in [5.41, 5.74) is 5.10. The van der Waals surface area contributed by atoms with E-state index in [1.165, 1.54) is 11.8 Å². The van der Waals surface area contributed by atoms with Crippen LogP contribution in [0.25, 0.3) is 11.1 Å². The van der Waals surface area contributed by atoms with E-state index in [-0.39, 0.29) is 18.9 Å². The zero-order chi connectivity index (χ0) is 22.7. The maximum absolute atomic E-state index is 12.5. The fourth-order valence-corrected chi connectivity index (χ4v) is 4.70. The zero-order valence-electron chi connectivity index (χ0n) is 17.4. The first-order valence-corrected chi connectivity index (χ1v) is 11.7. The average molecular weight is 468 g/mol. The smallest absolute Gasteiger partial charge is 0.407 e. The van der Waals surface area contributed by atoms with Crippen LogP contribution in [0.2, 0.25) is 5.02 Å². The molecule has 5 nitrogen and oxygen atoms in total. The van der Waals surface area contributed by atoms with E-state index in [1.807, 2.05) is 54.8 Å². The van der Waals surface area contributed by atoms with E-state index >= 15 is 0 Å². The first-order chi connectivity index (χ1) is 15.5. The van der Waals surface area contributed by atoms with Gasteiger partial charge in [-0.05, 0) is 52.3 Å². The van der Waals surface area contributed by atoms with Crippen molar-refractivity contribution in [3.8, 4) is 11.1 Å². The van der Waals surface area contributed by atoms with Crippen LogP contribution < -0.4 is 5.32 Å². The third-order valence-electron chi connectivity index (χ3n) is 5.61. The molecule has 1 unspecified atom stereocenters. The number of hydrogen-bond donors (Lipinski definition) is 2. The molecule has 164 valence electrons. The quantitative estimate of drug-likeness (QED) is 0.442. The van der Waals surface area contributed by atoms with E-state index in [0.29, 0.717) is 10.6 Å². The van der Waals surface area contributed by atoms with Crippen molar-refractivity contribution in [3.05, 3.63) is 88.4 Å². The molecule has 0 spiro atoms. The number of benzene rings is 3. The Balaban J connectivity index is 1.44. The van der Waals surface area contributed by atoms with Gasteiger partial charge in [0.1, 0.15) is 12.6 Å².